The van der Waals surface area contributed by atoms with E-state index in [4.69, 9.17) is 27.9 Å². The van der Waals surface area contributed by atoms with Gasteiger partial charge in [-0.3, -0.25) is 9.59 Å². The Morgan fingerprint density at radius 3 is 2.46 bits per heavy atom. The minimum atomic E-state index is -0.758. The number of aliphatic hydroxyl groups is 1. The third kappa shape index (κ3) is 3.92. The predicted octanol–water partition coefficient (Wildman–Crippen LogP) is 4.45. The molecule has 1 saturated heterocycles. The lowest BCUT2D eigenvalue weighted by molar-refractivity contribution is -0.140. The summed E-state index contributed by atoms with van der Waals surface area (Å²) >= 11 is 12.2. The van der Waals surface area contributed by atoms with Gasteiger partial charge >= 0.3 is 0 Å². The number of nitrogens with zero attached hydrogens (tertiary/aromatic N) is 1. The number of carbonyl (C=O) groups is 2. The van der Waals surface area contributed by atoms with Crippen LogP contribution >= 0.6 is 23.2 Å². The summed E-state index contributed by atoms with van der Waals surface area (Å²) in [5.74, 6) is -1.61. The first-order chi connectivity index (χ1) is 13.5. The van der Waals surface area contributed by atoms with Crippen LogP contribution in [0.2, 0.25) is 10.0 Å². The maximum absolute atomic E-state index is 12.8. The van der Waals surface area contributed by atoms with E-state index in [9.17, 15) is 14.7 Å². The summed E-state index contributed by atoms with van der Waals surface area (Å²) in [6.07, 6.45) is 0.548. The smallest absolute Gasteiger partial charge is 0.295 e. The Kier molecular flexibility index (Phi) is 6.39. The van der Waals surface area contributed by atoms with Crippen LogP contribution in [0, 0.1) is 0 Å². The maximum atomic E-state index is 12.8. The molecule has 1 fully saturated rings. The highest BCUT2D eigenvalue weighted by Gasteiger charge is 2.45. The monoisotopic (exact) mass is 419 g/mol. The molecule has 0 aliphatic carbocycles. The number of hydrogen-bond acceptors (Lipinski definition) is 4. The molecule has 1 aliphatic heterocycles. The van der Waals surface area contributed by atoms with Crippen LogP contribution in [-0.2, 0) is 14.3 Å². The van der Waals surface area contributed by atoms with E-state index in [1.54, 1.807) is 55.6 Å². The second-order valence-electron chi connectivity index (χ2n) is 6.38. The van der Waals surface area contributed by atoms with Gasteiger partial charge in [-0.1, -0.05) is 59.6 Å². The summed E-state index contributed by atoms with van der Waals surface area (Å²) in [7, 11) is 1.57. The summed E-state index contributed by atoms with van der Waals surface area (Å²) in [6, 6.07) is 12.8. The molecule has 1 atom stereocenters. The predicted molar refractivity (Wildman–Crippen MR) is 108 cm³/mol. The van der Waals surface area contributed by atoms with Crippen molar-refractivity contribution in [3.8, 4) is 0 Å². The molecule has 1 heterocycles. The van der Waals surface area contributed by atoms with Crippen molar-refractivity contribution < 1.29 is 19.4 Å². The van der Waals surface area contributed by atoms with Crippen molar-refractivity contribution >= 4 is 40.7 Å². The largest absolute Gasteiger partial charge is 0.507 e. The lowest BCUT2D eigenvalue weighted by atomic mass is 9.95. The van der Waals surface area contributed by atoms with Crippen LogP contribution in [-0.4, -0.2) is 42.0 Å². The lowest BCUT2D eigenvalue weighted by Gasteiger charge is -2.25. The van der Waals surface area contributed by atoms with Crippen molar-refractivity contribution in [3.63, 3.8) is 0 Å². The molecule has 0 aromatic heterocycles. The van der Waals surface area contributed by atoms with Gasteiger partial charge in [0.05, 0.1) is 21.7 Å². The maximum Gasteiger partial charge on any atom is 0.295 e. The number of amides is 1. The first-order valence-corrected chi connectivity index (χ1v) is 9.49. The third-order valence-electron chi connectivity index (χ3n) is 4.59. The zero-order valence-corrected chi connectivity index (χ0v) is 16.7. The van der Waals surface area contributed by atoms with Gasteiger partial charge in [-0.25, -0.2) is 0 Å². The van der Waals surface area contributed by atoms with Crippen LogP contribution in [0.15, 0.2) is 54.1 Å². The molecule has 0 saturated carbocycles. The molecule has 5 nitrogen and oxygen atoms in total. The molecule has 146 valence electrons. The van der Waals surface area contributed by atoms with Gasteiger partial charge in [0.25, 0.3) is 11.7 Å². The number of ether oxygens (including phenoxy) is 1. The molecule has 0 radical (unpaired) electrons. The summed E-state index contributed by atoms with van der Waals surface area (Å²) in [5, 5.41) is 11.5. The second-order valence-corrected chi connectivity index (χ2v) is 7.19. The Bertz CT molecular complexity index is 927. The lowest BCUT2D eigenvalue weighted by Crippen LogP contribution is -2.31. The van der Waals surface area contributed by atoms with Gasteiger partial charge in [-0.2, -0.15) is 0 Å². The topological polar surface area (TPSA) is 66.8 Å². The highest BCUT2D eigenvalue weighted by Crippen LogP contribution is 2.40. The van der Waals surface area contributed by atoms with Crippen molar-refractivity contribution in [3.05, 3.63) is 75.3 Å². The quantitative estimate of drug-likeness (QED) is 0.325. The first-order valence-electron chi connectivity index (χ1n) is 8.73. The number of halogens is 2. The van der Waals surface area contributed by atoms with Gasteiger partial charge in [0.2, 0.25) is 0 Å². The number of likely N-dealkylation sites (tertiary alicyclic amines) is 1. The van der Waals surface area contributed by atoms with E-state index in [1.165, 1.54) is 4.90 Å². The number of aliphatic hydroxyl groups excluding tert-OH is 1. The number of rotatable bonds is 6. The fourth-order valence-electron chi connectivity index (χ4n) is 3.27. The third-order valence-corrected chi connectivity index (χ3v) is 5.33. The molecular weight excluding hydrogens is 401 g/mol. The molecule has 7 heteroatoms. The highest BCUT2D eigenvalue weighted by molar-refractivity contribution is 6.46. The number of benzene rings is 2. The molecule has 2 aromatic rings. The minimum Gasteiger partial charge on any atom is -0.507 e. The van der Waals surface area contributed by atoms with Crippen molar-refractivity contribution in [2.45, 2.75) is 12.5 Å². The van der Waals surface area contributed by atoms with Gasteiger partial charge < -0.3 is 14.7 Å². The van der Waals surface area contributed by atoms with Crippen molar-refractivity contribution in [2.75, 3.05) is 20.3 Å². The van der Waals surface area contributed by atoms with E-state index < -0.39 is 17.7 Å². The van der Waals surface area contributed by atoms with Crippen LogP contribution in [0.3, 0.4) is 0 Å². The zero-order valence-electron chi connectivity index (χ0n) is 15.2. The summed E-state index contributed by atoms with van der Waals surface area (Å²) < 4.78 is 5.06. The van der Waals surface area contributed by atoms with E-state index in [1.807, 2.05) is 0 Å². The Morgan fingerprint density at radius 1 is 1.11 bits per heavy atom. The van der Waals surface area contributed by atoms with E-state index in [-0.39, 0.29) is 11.3 Å². The van der Waals surface area contributed by atoms with Crippen LogP contribution in [0.5, 0.6) is 0 Å². The fourth-order valence-corrected chi connectivity index (χ4v) is 3.58. The highest BCUT2D eigenvalue weighted by atomic mass is 35.5. The molecule has 0 bridgehead atoms. The molecule has 2 aromatic carbocycles. The molecule has 3 rings (SSSR count). The van der Waals surface area contributed by atoms with Gasteiger partial charge in [-0.05, 0) is 24.1 Å². The Balaban J connectivity index is 2.13. The van der Waals surface area contributed by atoms with Gasteiger partial charge in [0.1, 0.15) is 5.76 Å². The second kappa shape index (κ2) is 8.78. The summed E-state index contributed by atoms with van der Waals surface area (Å²) in [5.41, 5.74) is 1.10. The average Bonchev–Trinajstić information content (AvgIpc) is 2.95. The minimum absolute atomic E-state index is 0.0343. The van der Waals surface area contributed by atoms with Crippen LogP contribution in [0.25, 0.3) is 5.76 Å². The number of hydrogen-bond donors (Lipinski definition) is 1. The number of carbonyl (C=O) groups excluding carboxylic acids is 2. The van der Waals surface area contributed by atoms with Crippen molar-refractivity contribution in [1.82, 2.24) is 4.90 Å². The first kappa shape index (κ1) is 20.4. The number of ketones is 1. The van der Waals surface area contributed by atoms with Gasteiger partial charge in [0.15, 0.2) is 0 Å². The summed E-state index contributed by atoms with van der Waals surface area (Å²) in [6.45, 7) is 0.741. The summed E-state index contributed by atoms with van der Waals surface area (Å²) in [4.78, 5) is 27.0. The van der Waals surface area contributed by atoms with Crippen molar-refractivity contribution in [1.29, 1.82) is 0 Å². The molecule has 1 unspecified atom stereocenters. The Morgan fingerprint density at radius 2 is 1.82 bits per heavy atom. The van der Waals surface area contributed by atoms with Crippen LogP contribution < -0.4 is 0 Å². The molecule has 1 N–H and O–H groups in total. The van der Waals surface area contributed by atoms with E-state index in [2.05, 4.69) is 0 Å². The van der Waals surface area contributed by atoms with E-state index >= 15 is 0 Å². The standard InChI is InChI=1S/C21H19Cl2NO4/c1-28-11-5-10-24-18(14-8-9-15(22)16(23)12-14)17(20(26)21(24)27)19(25)13-6-3-2-4-7-13/h2-4,6-9,12,18,25H,5,10-11H2,1H3/b19-17+. The zero-order chi connectivity index (χ0) is 20.3. The molecule has 1 aliphatic rings. The van der Waals surface area contributed by atoms with Crippen molar-refractivity contribution in [2.24, 2.45) is 0 Å². The Hall–Kier alpha value is -2.34. The normalized spacial score (nSPS) is 18.7. The number of Topliss-reactive ketones (excluding diaryl/α,β-unsaturated/α-hetero) is 1. The van der Waals surface area contributed by atoms with E-state index in [0.29, 0.717) is 40.7 Å². The SMILES string of the molecule is COCCCN1C(=O)C(=O)/C(=C(/O)c2ccccc2)C1c1ccc(Cl)c(Cl)c1. The Labute approximate surface area is 173 Å². The molecule has 0 spiro atoms. The molecular formula is C21H19Cl2NO4. The molecule has 1 amide bonds. The molecule has 28 heavy (non-hydrogen) atoms. The fraction of sp³-hybridized carbons (Fsp3) is 0.238. The van der Waals surface area contributed by atoms with Gasteiger partial charge in [-0.15, -0.1) is 0 Å². The van der Waals surface area contributed by atoms with Crippen LogP contribution in [0.4, 0.5) is 0 Å². The van der Waals surface area contributed by atoms with E-state index in [0.717, 1.165) is 0 Å². The average molecular weight is 420 g/mol. The number of methoxy groups -OCH3 is 1. The van der Waals surface area contributed by atoms with Gasteiger partial charge in [0, 0.05) is 25.8 Å². The van der Waals surface area contributed by atoms with Crippen LogP contribution in [0.1, 0.15) is 23.6 Å².